The number of aliphatic carboxylic acids is 1. The lowest BCUT2D eigenvalue weighted by Crippen LogP contribution is -2.53. The number of carbonyl (C=O) groups excluding carboxylic acids is 3. The molecule has 0 aromatic heterocycles. The summed E-state index contributed by atoms with van der Waals surface area (Å²) in [6.07, 6.45) is -2.86. The molecule has 1 aliphatic heterocycles. The number of hydrogen-bond acceptors (Lipinski definition) is 6. The Labute approximate surface area is 240 Å². The fourth-order valence-electron chi connectivity index (χ4n) is 5.42. The van der Waals surface area contributed by atoms with Crippen molar-refractivity contribution in [3.8, 4) is 11.1 Å². The lowest BCUT2D eigenvalue weighted by atomic mass is 9.98. The predicted octanol–water partition coefficient (Wildman–Crippen LogP) is 4.35. The monoisotopic (exact) mass is 578 g/mol. The number of carbonyl (C=O) groups is 4. The van der Waals surface area contributed by atoms with E-state index in [1.807, 2.05) is 48.5 Å². The zero-order chi connectivity index (χ0) is 29.9. The van der Waals surface area contributed by atoms with Crippen LogP contribution in [0.25, 0.3) is 11.1 Å². The van der Waals surface area contributed by atoms with Gasteiger partial charge in [0.25, 0.3) is 5.92 Å². The van der Waals surface area contributed by atoms with Crippen LogP contribution in [-0.2, 0) is 30.5 Å². The third kappa shape index (κ3) is 6.24. The van der Waals surface area contributed by atoms with Crippen LogP contribution in [0.15, 0.2) is 78.9 Å². The van der Waals surface area contributed by atoms with Gasteiger partial charge in [-0.15, -0.1) is 0 Å². The molecule has 218 valence electrons. The second kappa shape index (κ2) is 12.0. The van der Waals surface area contributed by atoms with Gasteiger partial charge in [0.1, 0.15) is 25.3 Å². The smallest absolute Gasteiger partial charge is 0.407 e. The molecular formula is C31H28F2N2O7. The topological polar surface area (TPSA) is 122 Å². The maximum atomic E-state index is 14.1. The standard InChI is InChI=1S/C31H28F2N2O7/c32-31(33)15-26(29(38)39)35(18-31)28(37)25(14-27(36)41-16-19-8-2-1-3-9-19)34-30(40)42-17-24-22-12-6-4-10-20(22)21-11-5-7-13-23(21)24/h1-13,24-26H,14-18H2,(H,34,40)(H,38,39)/t25-,26-/m0/s1. The van der Waals surface area contributed by atoms with Crippen molar-refractivity contribution in [3.05, 3.63) is 95.6 Å². The number of nitrogens with zero attached hydrogens (tertiary/aromatic N) is 1. The van der Waals surface area contributed by atoms with Gasteiger partial charge >= 0.3 is 18.0 Å². The SMILES string of the molecule is O=C(C[C@H](NC(=O)OCC1c2ccccc2-c2ccccc21)C(=O)N1CC(F)(F)C[C@H]1C(=O)O)OCc1ccccc1. The van der Waals surface area contributed by atoms with Crippen LogP contribution in [0.2, 0.25) is 0 Å². The van der Waals surface area contributed by atoms with Crippen molar-refractivity contribution in [1.82, 2.24) is 10.2 Å². The van der Waals surface area contributed by atoms with Gasteiger partial charge in [0.15, 0.2) is 0 Å². The largest absolute Gasteiger partial charge is 0.480 e. The molecule has 3 aromatic rings. The number of likely N-dealkylation sites (tertiary alicyclic amines) is 1. The molecule has 2 atom stereocenters. The van der Waals surface area contributed by atoms with E-state index in [4.69, 9.17) is 9.47 Å². The minimum atomic E-state index is -3.44. The first-order chi connectivity index (χ1) is 20.1. The van der Waals surface area contributed by atoms with Crippen molar-refractivity contribution in [2.75, 3.05) is 13.2 Å². The van der Waals surface area contributed by atoms with E-state index in [0.717, 1.165) is 22.3 Å². The Hall–Kier alpha value is -4.80. The fraction of sp³-hybridized carbons (Fsp3) is 0.290. The third-order valence-corrected chi connectivity index (χ3v) is 7.39. The molecule has 2 aliphatic rings. The van der Waals surface area contributed by atoms with Crippen molar-refractivity contribution < 1.29 is 42.5 Å². The van der Waals surface area contributed by atoms with Crippen molar-refractivity contribution >= 4 is 23.9 Å². The minimum Gasteiger partial charge on any atom is -0.480 e. The number of rotatable bonds is 9. The molecule has 1 fully saturated rings. The molecule has 2 amide bonds. The number of fused-ring (bicyclic) bond motifs is 3. The Morgan fingerprint density at radius 3 is 2.12 bits per heavy atom. The van der Waals surface area contributed by atoms with Crippen LogP contribution in [0.5, 0.6) is 0 Å². The Morgan fingerprint density at radius 1 is 0.905 bits per heavy atom. The summed E-state index contributed by atoms with van der Waals surface area (Å²) in [5, 5.41) is 11.7. The van der Waals surface area contributed by atoms with E-state index < -0.39 is 61.3 Å². The van der Waals surface area contributed by atoms with Gasteiger partial charge in [-0.05, 0) is 27.8 Å². The summed E-state index contributed by atoms with van der Waals surface area (Å²) in [4.78, 5) is 51.1. The molecule has 0 unspecified atom stereocenters. The van der Waals surface area contributed by atoms with Gasteiger partial charge in [0.05, 0.1) is 13.0 Å². The maximum Gasteiger partial charge on any atom is 0.407 e. The minimum absolute atomic E-state index is 0.0985. The van der Waals surface area contributed by atoms with Gasteiger partial charge in [-0.2, -0.15) is 0 Å². The van der Waals surface area contributed by atoms with Gasteiger partial charge in [-0.25, -0.2) is 18.4 Å². The van der Waals surface area contributed by atoms with Crippen LogP contribution in [0.3, 0.4) is 0 Å². The molecule has 0 radical (unpaired) electrons. The van der Waals surface area contributed by atoms with E-state index >= 15 is 0 Å². The quantitative estimate of drug-likeness (QED) is 0.362. The Bertz CT molecular complexity index is 1450. The number of nitrogens with one attached hydrogen (secondary N) is 1. The fourth-order valence-corrected chi connectivity index (χ4v) is 5.42. The van der Waals surface area contributed by atoms with E-state index in [1.54, 1.807) is 30.3 Å². The summed E-state index contributed by atoms with van der Waals surface area (Å²) in [5.74, 6) is -7.39. The number of carboxylic acids is 1. The number of carboxylic acid groups (broad SMARTS) is 1. The van der Waals surface area contributed by atoms with Crippen molar-refractivity contribution in [3.63, 3.8) is 0 Å². The molecule has 0 saturated carbocycles. The van der Waals surface area contributed by atoms with Crippen LogP contribution >= 0.6 is 0 Å². The van der Waals surface area contributed by atoms with Crippen LogP contribution in [0.1, 0.15) is 35.4 Å². The van der Waals surface area contributed by atoms with Gasteiger partial charge in [0, 0.05) is 12.3 Å². The molecule has 2 N–H and O–H groups in total. The number of esters is 1. The van der Waals surface area contributed by atoms with Crippen LogP contribution < -0.4 is 5.32 Å². The van der Waals surface area contributed by atoms with Gasteiger partial charge in [-0.3, -0.25) is 9.59 Å². The molecule has 0 bridgehead atoms. The highest BCUT2D eigenvalue weighted by Gasteiger charge is 2.51. The van der Waals surface area contributed by atoms with Crippen molar-refractivity contribution in [2.24, 2.45) is 0 Å². The first-order valence-electron chi connectivity index (χ1n) is 13.3. The molecule has 1 saturated heterocycles. The predicted molar refractivity (Wildman–Crippen MR) is 146 cm³/mol. The average molecular weight is 579 g/mol. The summed E-state index contributed by atoms with van der Waals surface area (Å²) in [5.41, 5.74) is 4.58. The van der Waals surface area contributed by atoms with E-state index in [0.29, 0.717) is 10.5 Å². The number of ether oxygens (including phenoxy) is 2. The maximum absolute atomic E-state index is 14.1. The van der Waals surface area contributed by atoms with E-state index in [-0.39, 0.29) is 19.1 Å². The molecule has 42 heavy (non-hydrogen) atoms. The average Bonchev–Trinajstić information content (AvgIpc) is 3.49. The number of amides is 2. The molecule has 1 aliphatic carbocycles. The van der Waals surface area contributed by atoms with E-state index in [1.165, 1.54) is 0 Å². The lowest BCUT2D eigenvalue weighted by molar-refractivity contribution is -0.151. The van der Waals surface area contributed by atoms with E-state index in [2.05, 4.69) is 5.32 Å². The zero-order valence-electron chi connectivity index (χ0n) is 22.4. The summed E-state index contributed by atoms with van der Waals surface area (Å²) < 4.78 is 39.0. The normalized spacial score (nSPS) is 17.6. The number of alkyl halides is 2. The van der Waals surface area contributed by atoms with Gasteiger partial charge in [0.2, 0.25) is 5.91 Å². The molecule has 0 spiro atoms. The third-order valence-electron chi connectivity index (χ3n) is 7.39. The molecule has 11 heteroatoms. The Balaban J connectivity index is 1.30. The summed E-state index contributed by atoms with van der Waals surface area (Å²) in [6, 6.07) is 20.5. The number of benzene rings is 3. The first kappa shape index (κ1) is 28.7. The highest BCUT2D eigenvalue weighted by molar-refractivity contribution is 5.92. The highest BCUT2D eigenvalue weighted by atomic mass is 19.3. The van der Waals surface area contributed by atoms with Gasteiger partial charge in [-0.1, -0.05) is 78.9 Å². The molecule has 1 heterocycles. The van der Waals surface area contributed by atoms with Crippen LogP contribution in [0, 0.1) is 0 Å². The van der Waals surface area contributed by atoms with Crippen molar-refractivity contribution in [2.45, 2.75) is 43.4 Å². The Kier molecular flexibility index (Phi) is 8.19. The van der Waals surface area contributed by atoms with Crippen LogP contribution in [0.4, 0.5) is 13.6 Å². The number of halogens is 2. The Morgan fingerprint density at radius 2 is 1.50 bits per heavy atom. The van der Waals surface area contributed by atoms with Gasteiger partial charge < -0.3 is 24.8 Å². The van der Waals surface area contributed by atoms with E-state index in [9.17, 15) is 33.1 Å². The summed E-state index contributed by atoms with van der Waals surface area (Å²) in [6.45, 7) is -1.38. The first-order valence-corrected chi connectivity index (χ1v) is 13.3. The number of alkyl carbamates (subject to hydrolysis) is 1. The zero-order valence-corrected chi connectivity index (χ0v) is 22.4. The second-order valence-electron chi connectivity index (χ2n) is 10.3. The molecular weight excluding hydrogens is 550 g/mol. The number of hydrogen-bond donors (Lipinski definition) is 2. The summed E-state index contributed by atoms with van der Waals surface area (Å²) >= 11 is 0. The molecule has 5 rings (SSSR count). The van der Waals surface area contributed by atoms with Crippen LogP contribution in [-0.4, -0.2) is 65.1 Å². The summed E-state index contributed by atoms with van der Waals surface area (Å²) in [7, 11) is 0. The lowest BCUT2D eigenvalue weighted by Gasteiger charge is -2.26. The molecule has 9 nitrogen and oxygen atoms in total. The van der Waals surface area contributed by atoms with Crippen molar-refractivity contribution in [1.29, 1.82) is 0 Å². The second-order valence-corrected chi connectivity index (χ2v) is 10.3. The molecule has 3 aromatic carbocycles. The highest BCUT2D eigenvalue weighted by Crippen LogP contribution is 2.44.